The topological polar surface area (TPSA) is 46.5 Å². The Balaban J connectivity index is 1.77. The molecule has 0 atom stereocenters. The van der Waals surface area contributed by atoms with E-state index in [-0.39, 0.29) is 5.78 Å². The standard InChI is InChI=1S/C20H23BO3/c1-4-5-14-6-9-16(10-7-14)19(22)13-15-8-11-17-18(12-15)21(23)24-20(17,2)3/h6-12,23H,4-5,13H2,1-3H3. The van der Waals surface area contributed by atoms with Crippen LogP contribution >= 0.6 is 0 Å². The molecule has 1 N–H and O–H groups in total. The van der Waals surface area contributed by atoms with Gasteiger partial charge in [0.2, 0.25) is 0 Å². The molecule has 0 unspecified atom stereocenters. The van der Waals surface area contributed by atoms with Gasteiger partial charge in [-0.3, -0.25) is 4.79 Å². The summed E-state index contributed by atoms with van der Waals surface area (Å²) in [4.78, 5) is 12.5. The Morgan fingerprint density at radius 1 is 1.12 bits per heavy atom. The van der Waals surface area contributed by atoms with E-state index in [0.29, 0.717) is 6.42 Å². The number of fused-ring (bicyclic) bond motifs is 1. The number of Topliss-reactive ketones (excluding diaryl/α,β-unsaturated/α-hetero) is 1. The molecule has 2 aromatic rings. The quantitative estimate of drug-likeness (QED) is 0.680. The van der Waals surface area contributed by atoms with E-state index in [1.807, 2.05) is 56.3 Å². The molecule has 0 fully saturated rings. The summed E-state index contributed by atoms with van der Waals surface area (Å²) >= 11 is 0. The Morgan fingerprint density at radius 3 is 2.46 bits per heavy atom. The lowest BCUT2D eigenvalue weighted by molar-refractivity contribution is 0.0991. The highest BCUT2D eigenvalue weighted by Gasteiger charge is 2.40. The van der Waals surface area contributed by atoms with Crippen LogP contribution in [0.3, 0.4) is 0 Å². The van der Waals surface area contributed by atoms with Gasteiger partial charge in [-0.15, -0.1) is 0 Å². The Hall–Kier alpha value is -1.91. The fraction of sp³-hybridized carbons (Fsp3) is 0.350. The zero-order chi connectivity index (χ0) is 17.3. The van der Waals surface area contributed by atoms with E-state index in [1.165, 1.54) is 5.56 Å². The maximum atomic E-state index is 12.5. The van der Waals surface area contributed by atoms with Crippen molar-refractivity contribution in [3.63, 3.8) is 0 Å². The molecule has 2 aromatic carbocycles. The van der Waals surface area contributed by atoms with Crippen LogP contribution in [0.2, 0.25) is 0 Å². The molecule has 0 saturated carbocycles. The highest BCUT2D eigenvalue weighted by Crippen LogP contribution is 2.30. The molecule has 0 aromatic heterocycles. The van der Waals surface area contributed by atoms with E-state index in [0.717, 1.165) is 35.0 Å². The van der Waals surface area contributed by atoms with Gasteiger partial charge in [-0.05, 0) is 42.4 Å². The van der Waals surface area contributed by atoms with Crippen LogP contribution < -0.4 is 5.46 Å². The molecule has 0 aliphatic carbocycles. The molecule has 4 heteroatoms. The molecule has 0 bridgehead atoms. The highest BCUT2D eigenvalue weighted by molar-refractivity contribution is 6.62. The van der Waals surface area contributed by atoms with Crippen LogP contribution in [0.4, 0.5) is 0 Å². The molecule has 24 heavy (non-hydrogen) atoms. The average Bonchev–Trinajstić information content (AvgIpc) is 2.77. The first-order chi connectivity index (χ1) is 11.4. The summed E-state index contributed by atoms with van der Waals surface area (Å²) in [6, 6.07) is 13.7. The number of aryl methyl sites for hydroxylation is 1. The van der Waals surface area contributed by atoms with Crippen molar-refractivity contribution in [2.45, 2.75) is 45.6 Å². The van der Waals surface area contributed by atoms with Gasteiger partial charge in [0.15, 0.2) is 5.78 Å². The zero-order valence-corrected chi connectivity index (χ0v) is 14.5. The monoisotopic (exact) mass is 322 g/mol. The molecule has 0 saturated heterocycles. The summed E-state index contributed by atoms with van der Waals surface area (Å²) in [7, 11) is -0.918. The molecule has 0 amide bonds. The second-order valence-electron chi connectivity index (χ2n) is 6.95. The molecule has 1 heterocycles. The van der Waals surface area contributed by atoms with Crippen LogP contribution in [-0.4, -0.2) is 17.9 Å². The third-order valence-electron chi connectivity index (χ3n) is 4.62. The molecular formula is C20H23BO3. The number of benzene rings is 2. The minimum atomic E-state index is -0.918. The third kappa shape index (κ3) is 3.30. The largest absolute Gasteiger partial charge is 0.492 e. The number of carbonyl (C=O) groups excluding carboxylic acids is 1. The number of hydrogen-bond acceptors (Lipinski definition) is 3. The fourth-order valence-electron chi connectivity index (χ4n) is 3.31. The number of hydrogen-bond donors (Lipinski definition) is 1. The number of ketones is 1. The van der Waals surface area contributed by atoms with Gasteiger partial charge < -0.3 is 9.68 Å². The van der Waals surface area contributed by atoms with Crippen molar-refractivity contribution in [2.24, 2.45) is 0 Å². The number of carbonyl (C=O) groups is 1. The first-order valence-electron chi connectivity index (χ1n) is 8.52. The first kappa shape index (κ1) is 16.9. The van der Waals surface area contributed by atoms with Crippen molar-refractivity contribution >= 4 is 18.4 Å². The van der Waals surface area contributed by atoms with Gasteiger partial charge in [0, 0.05) is 12.0 Å². The minimum absolute atomic E-state index is 0.0886. The third-order valence-corrected chi connectivity index (χ3v) is 4.62. The minimum Gasteiger partial charge on any atom is -0.423 e. The molecule has 0 spiro atoms. The van der Waals surface area contributed by atoms with Crippen LogP contribution in [-0.2, 0) is 23.1 Å². The Morgan fingerprint density at radius 2 is 1.79 bits per heavy atom. The first-order valence-corrected chi connectivity index (χ1v) is 8.52. The molecule has 1 aliphatic rings. The smallest absolute Gasteiger partial charge is 0.423 e. The molecule has 3 nitrogen and oxygen atoms in total. The second kappa shape index (κ2) is 6.54. The van der Waals surface area contributed by atoms with Crippen molar-refractivity contribution in [3.05, 3.63) is 64.7 Å². The fourth-order valence-corrected chi connectivity index (χ4v) is 3.31. The summed E-state index contributed by atoms with van der Waals surface area (Å²) in [6.45, 7) is 6.02. The summed E-state index contributed by atoms with van der Waals surface area (Å²) < 4.78 is 5.57. The normalized spacial score (nSPS) is 15.4. The lowest BCUT2D eigenvalue weighted by atomic mass is 9.77. The van der Waals surface area contributed by atoms with E-state index in [9.17, 15) is 9.82 Å². The predicted octanol–water partition coefficient (Wildman–Crippen LogP) is 3.02. The highest BCUT2D eigenvalue weighted by atomic mass is 16.5. The Labute approximate surface area is 143 Å². The van der Waals surface area contributed by atoms with Crippen LogP contribution in [0, 0.1) is 0 Å². The molecule has 3 rings (SSSR count). The summed E-state index contributed by atoms with van der Waals surface area (Å²) in [5.74, 6) is 0.0886. The van der Waals surface area contributed by atoms with Crippen molar-refractivity contribution in [1.29, 1.82) is 0 Å². The van der Waals surface area contributed by atoms with Crippen LogP contribution in [0.15, 0.2) is 42.5 Å². The van der Waals surface area contributed by atoms with Gasteiger partial charge in [0.05, 0.1) is 5.60 Å². The van der Waals surface area contributed by atoms with Crippen LogP contribution in [0.1, 0.15) is 54.2 Å². The van der Waals surface area contributed by atoms with Gasteiger partial charge >= 0.3 is 7.12 Å². The second-order valence-corrected chi connectivity index (χ2v) is 6.95. The van der Waals surface area contributed by atoms with Crippen LogP contribution in [0.25, 0.3) is 0 Å². The molecule has 124 valence electrons. The summed E-state index contributed by atoms with van der Waals surface area (Å²) in [5.41, 5.74) is 4.14. The van der Waals surface area contributed by atoms with Gasteiger partial charge in [0.25, 0.3) is 0 Å². The van der Waals surface area contributed by atoms with Crippen molar-refractivity contribution in [1.82, 2.24) is 0 Å². The predicted molar refractivity (Wildman–Crippen MR) is 96.6 cm³/mol. The van der Waals surface area contributed by atoms with E-state index in [2.05, 4.69) is 6.92 Å². The lowest BCUT2D eigenvalue weighted by Gasteiger charge is -2.19. The van der Waals surface area contributed by atoms with Crippen molar-refractivity contribution in [2.75, 3.05) is 0 Å². The van der Waals surface area contributed by atoms with E-state index < -0.39 is 12.7 Å². The summed E-state index contributed by atoms with van der Waals surface area (Å²) in [5, 5.41) is 10.1. The van der Waals surface area contributed by atoms with Crippen LogP contribution in [0.5, 0.6) is 0 Å². The van der Waals surface area contributed by atoms with Gasteiger partial charge in [-0.1, -0.05) is 55.8 Å². The maximum absolute atomic E-state index is 12.5. The van der Waals surface area contributed by atoms with E-state index in [1.54, 1.807) is 0 Å². The average molecular weight is 322 g/mol. The van der Waals surface area contributed by atoms with E-state index in [4.69, 9.17) is 4.65 Å². The van der Waals surface area contributed by atoms with Gasteiger partial charge in [-0.2, -0.15) is 0 Å². The summed E-state index contributed by atoms with van der Waals surface area (Å²) in [6.07, 6.45) is 2.46. The number of rotatable bonds is 5. The Kier molecular flexibility index (Phi) is 4.61. The SMILES string of the molecule is CCCc1ccc(C(=O)Cc2ccc3c(c2)B(O)OC3(C)C)cc1. The van der Waals surface area contributed by atoms with Gasteiger partial charge in [-0.25, -0.2) is 0 Å². The molecular weight excluding hydrogens is 299 g/mol. The molecule has 1 aliphatic heterocycles. The van der Waals surface area contributed by atoms with Crippen molar-refractivity contribution < 1.29 is 14.5 Å². The Bertz CT molecular complexity index is 750. The van der Waals surface area contributed by atoms with Gasteiger partial charge in [0.1, 0.15) is 0 Å². The lowest BCUT2D eigenvalue weighted by Crippen LogP contribution is -2.29. The van der Waals surface area contributed by atoms with Crippen molar-refractivity contribution in [3.8, 4) is 0 Å². The molecule has 0 radical (unpaired) electrons. The van der Waals surface area contributed by atoms with E-state index >= 15 is 0 Å². The zero-order valence-electron chi connectivity index (χ0n) is 14.5. The maximum Gasteiger partial charge on any atom is 0.492 e.